The van der Waals surface area contributed by atoms with E-state index in [2.05, 4.69) is 0 Å². The summed E-state index contributed by atoms with van der Waals surface area (Å²) in [6.45, 7) is 0.00856. The number of carbonyl (C=O) groups excluding carboxylic acids is 1. The molecule has 5 rings (SSSR count). The molecule has 1 atom stereocenters. The molecule has 1 unspecified atom stereocenters. The topological polar surface area (TPSA) is 74.2 Å². The Kier molecular flexibility index (Phi) is 4.64. The van der Waals surface area contributed by atoms with Crippen LogP contribution >= 0.6 is 0 Å². The molecule has 0 amide bonds. The number of cyclic esters (lactones) is 1. The Bertz CT molecular complexity index is 1220. The van der Waals surface area contributed by atoms with Gasteiger partial charge in [0.25, 0.3) is 5.79 Å². The van der Waals surface area contributed by atoms with Gasteiger partial charge in [0, 0.05) is 17.6 Å². The van der Waals surface area contributed by atoms with E-state index >= 15 is 0 Å². The third kappa shape index (κ3) is 3.21. The Morgan fingerprint density at radius 1 is 1.03 bits per heavy atom. The molecule has 2 heterocycles. The Balaban J connectivity index is 1.67. The number of methoxy groups -OCH3 is 1. The molecule has 0 spiro atoms. The number of rotatable bonds is 5. The van der Waals surface area contributed by atoms with E-state index in [4.69, 9.17) is 18.9 Å². The Morgan fingerprint density at radius 3 is 2.55 bits per heavy atom. The molecule has 2 aliphatic rings. The molecule has 0 radical (unpaired) electrons. The number of benzene rings is 3. The molecule has 0 aromatic heterocycles. The molecule has 1 N–H and O–H groups in total. The Morgan fingerprint density at radius 2 is 1.81 bits per heavy atom. The second-order valence-electron chi connectivity index (χ2n) is 7.34. The average molecular weight is 416 g/mol. The van der Waals surface area contributed by atoms with Crippen LogP contribution in [0.5, 0.6) is 5.75 Å². The summed E-state index contributed by atoms with van der Waals surface area (Å²) in [7, 11) is 1.56. The van der Waals surface area contributed by atoms with Gasteiger partial charge in [0.15, 0.2) is 5.76 Å². The number of carbonyl (C=O) groups is 1. The van der Waals surface area contributed by atoms with Crippen LogP contribution < -0.4 is 4.74 Å². The summed E-state index contributed by atoms with van der Waals surface area (Å²) in [5.74, 6) is -1.72. The van der Waals surface area contributed by atoms with E-state index in [1.165, 1.54) is 6.26 Å². The van der Waals surface area contributed by atoms with Crippen LogP contribution in [0.1, 0.15) is 11.1 Å². The molecule has 0 saturated heterocycles. The Labute approximate surface area is 178 Å². The van der Waals surface area contributed by atoms with E-state index in [1.807, 2.05) is 42.5 Å². The van der Waals surface area contributed by atoms with Gasteiger partial charge in [0.1, 0.15) is 17.6 Å². The summed E-state index contributed by atoms with van der Waals surface area (Å²) in [5.41, 5.74) is 1.96. The predicted molar refractivity (Wildman–Crippen MR) is 113 cm³/mol. The fraction of sp³-hybridized carbons (Fsp3) is 0.160. The van der Waals surface area contributed by atoms with Crippen molar-refractivity contribution >= 4 is 16.7 Å². The number of ether oxygens (including phenoxy) is 4. The summed E-state index contributed by atoms with van der Waals surface area (Å²) in [6, 6.07) is 20.7. The SMILES string of the molecule is COc1ccc(C2(O)OC(=O)C(C3=COCO3)=C2Cc2cccc3ccccc23)cc1. The normalized spacial score (nSPS) is 20.3. The highest BCUT2D eigenvalue weighted by atomic mass is 16.7. The molecular formula is C25H20O6. The van der Waals surface area contributed by atoms with E-state index in [9.17, 15) is 9.90 Å². The lowest BCUT2D eigenvalue weighted by atomic mass is 9.88. The van der Waals surface area contributed by atoms with Crippen molar-refractivity contribution in [3.63, 3.8) is 0 Å². The first-order valence-corrected chi connectivity index (χ1v) is 9.85. The van der Waals surface area contributed by atoms with Crippen molar-refractivity contribution < 1.29 is 28.8 Å². The van der Waals surface area contributed by atoms with Crippen molar-refractivity contribution in [2.24, 2.45) is 0 Å². The van der Waals surface area contributed by atoms with Gasteiger partial charge in [-0.05, 0) is 40.6 Å². The highest BCUT2D eigenvalue weighted by Crippen LogP contribution is 2.44. The maximum absolute atomic E-state index is 12.9. The molecule has 31 heavy (non-hydrogen) atoms. The molecule has 0 aliphatic carbocycles. The Hall–Kier alpha value is -3.77. The maximum Gasteiger partial charge on any atom is 0.345 e. The van der Waals surface area contributed by atoms with Crippen LogP contribution in [0.15, 0.2) is 89.9 Å². The van der Waals surface area contributed by atoms with Crippen LogP contribution in [0.3, 0.4) is 0 Å². The average Bonchev–Trinajstić information content (AvgIpc) is 3.41. The lowest BCUT2D eigenvalue weighted by Gasteiger charge is -2.26. The van der Waals surface area contributed by atoms with E-state index in [-0.39, 0.29) is 24.5 Å². The molecule has 6 heteroatoms. The van der Waals surface area contributed by atoms with E-state index < -0.39 is 11.8 Å². The second-order valence-corrected chi connectivity index (χ2v) is 7.34. The van der Waals surface area contributed by atoms with Gasteiger partial charge in [0.05, 0.1) is 7.11 Å². The second kappa shape index (κ2) is 7.49. The highest BCUT2D eigenvalue weighted by Gasteiger charge is 2.49. The zero-order valence-electron chi connectivity index (χ0n) is 16.8. The molecule has 0 saturated carbocycles. The molecule has 0 fully saturated rings. The smallest absolute Gasteiger partial charge is 0.345 e. The summed E-state index contributed by atoms with van der Waals surface area (Å²) >= 11 is 0. The molecule has 6 nitrogen and oxygen atoms in total. The summed E-state index contributed by atoms with van der Waals surface area (Å²) < 4.78 is 21.4. The van der Waals surface area contributed by atoms with Crippen LogP contribution in [0, 0.1) is 0 Å². The zero-order chi connectivity index (χ0) is 21.4. The molecular weight excluding hydrogens is 396 g/mol. The summed E-state index contributed by atoms with van der Waals surface area (Å²) in [6.07, 6.45) is 1.66. The van der Waals surface area contributed by atoms with E-state index in [0.29, 0.717) is 16.9 Å². The van der Waals surface area contributed by atoms with Crippen molar-refractivity contribution in [2.75, 3.05) is 13.9 Å². The van der Waals surface area contributed by atoms with Gasteiger partial charge in [-0.2, -0.15) is 0 Å². The van der Waals surface area contributed by atoms with Gasteiger partial charge in [-0.15, -0.1) is 0 Å². The third-order valence-corrected chi connectivity index (χ3v) is 5.60. The van der Waals surface area contributed by atoms with Crippen LogP contribution in [0.25, 0.3) is 10.8 Å². The quantitative estimate of drug-likeness (QED) is 0.635. The van der Waals surface area contributed by atoms with Crippen LogP contribution in [-0.2, 0) is 31.2 Å². The van der Waals surface area contributed by atoms with Gasteiger partial charge in [-0.3, -0.25) is 0 Å². The maximum atomic E-state index is 12.9. The van der Waals surface area contributed by atoms with Crippen LogP contribution in [0.2, 0.25) is 0 Å². The van der Waals surface area contributed by atoms with Gasteiger partial charge in [0.2, 0.25) is 6.79 Å². The highest BCUT2D eigenvalue weighted by molar-refractivity contribution is 5.97. The van der Waals surface area contributed by atoms with Crippen LogP contribution in [-0.4, -0.2) is 25.0 Å². The summed E-state index contributed by atoms with van der Waals surface area (Å²) in [5, 5.41) is 13.8. The minimum absolute atomic E-state index is 0.00856. The largest absolute Gasteiger partial charge is 0.497 e. The molecule has 3 aromatic rings. The first-order valence-electron chi connectivity index (χ1n) is 9.85. The van der Waals surface area contributed by atoms with Crippen LogP contribution in [0.4, 0.5) is 0 Å². The van der Waals surface area contributed by atoms with E-state index in [1.54, 1.807) is 31.4 Å². The molecule has 2 aliphatic heterocycles. The van der Waals surface area contributed by atoms with Gasteiger partial charge in [-0.25, -0.2) is 4.79 Å². The lowest BCUT2D eigenvalue weighted by molar-refractivity contribution is -0.186. The number of esters is 1. The number of aliphatic hydroxyl groups is 1. The monoisotopic (exact) mass is 416 g/mol. The number of fused-ring (bicyclic) bond motifs is 1. The first-order chi connectivity index (χ1) is 15.1. The van der Waals surface area contributed by atoms with Crippen molar-refractivity contribution in [3.8, 4) is 5.75 Å². The zero-order valence-corrected chi connectivity index (χ0v) is 16.8. The first kappa shape index (κ1) is 19.2. The minimum atomic E-state index is -1.94. The fourth-order valence-corrected chi connectivity index (χ4v) is 4.06. The number of hydrogen-bond donors (Lipinski definition) is 1. The fourth-order valence-electron chi connectivity index (χ4n) is 4.06. The van der Waals surface area contributed by atoms with Gasteiger partial charge < -0.3 is 24.1 Å². The lowest BCUT2D eigenvalue weighted by Crippen LogP contribution is -2.29. The third-order valence-electron chi connectivity index (χ3n) is 5.60. The van der Waals surface area contributed by atoms with Crippen molar-refractivity contribution in [3.05, 3.63) is 101 Å². The molecule has 3 aromatic carbocycles. The number of hydrogen-bond acceptors (Lipinski definition) is 6. The predicted octanol–water partition coefficient (Wildman–Crippen LogP) is 3.94. The van der Waals surface area contributed by atoms with E-state index in [0.717, 1.165) is 16.3 Å². The summed E-state index contributed by atoms with van der Waals surface area (Å²) in [4.78, 5) is 12.9. The van der Waals surface area contributed by atoms with Gasteiger partial charge in [-0.1, -0.05) is 42.5 Å². The van der Waals surface area contributed by atoms with Crippen molar-refractivity contribution in [2.45, 2.75) is 12.2 Å². The standard InChI is InChI=1S/C25H20O6/c1-28-19-11-9-18(10-12-19)25(27)21(23(24(26)31-25)22-14-29-15-30-22)13-17-7-4-6-16-5-2-3-8-20(16)17/h2-12,14,27H,13,15H2,1H3. The minimum Gasteiger partial charge on any atom is -0.497 e. The van der Waals surface area contributed by atoms with Crippen molar-refractivity contribution in [1.82, 2.24) is 0 Å². The molecule has 0 bridgehead atoms. The van der Waals surface area contributed by atoms with Gasteiger partial charge >= 0.3 is 5.97 Å². The molecule has 156 valence electrons. The van der Waals surface area contributed by atoms with Crippen molar-refractivity contribution in [1.29, 1.82) is 0 Å².